The molecule has 0 radical (unpaired) electrons. The van der Waals surface area contributed by atoms with Crippen molar-refractivity contribution < 1.29 is 4.79 Å². The molecule has 5 nitrogen and oxygen atoms in total. The second-order valence-corrected chi connectivity index (χ2v) is 8.80. The molecule has 0 spiro atoms. The van der Waals surface area contributed by atoms with Crippen LogP contribution in [0.25, 0.3) is 5.70 Å². The van der Waals surface area contributed by atoms with Crippen molar-refractivity contribution in [3.05, 3.63) is 105 Å². The minimum absolute atomic E-state index is 0.175. The Morgan fingerprint density at radius 2 is 1.84 bits per heavy atom. The van der Waals surface area contributed by atoms with Crippen LogP contribution >= 0.6 is 23.4 Å². The van der Waals surface area contributed by atoms with Gasteiger partial charge < -0.3 is 0 Å². The number of amides is 1. The van der Waals surface area contributed by atoms with E-state index < -0.39 is 6.17 Å². The molecule has 5 rings (SSSR count). The maximum atomic E-state index is 13.2. The quantitative estimate of drug-likeness (QED) is 0.667. The molecule has 2 heterocycles. The van der Waals surface area contributed by atoms with Crippen LogP contribution in [-0.2, 0) is 10.5 Å². The van der Waals surface area contributed by atoms with Crippen molar-refractivity contribution in [2.75, 3.05) is 0 Å². The Morgan fingerprint density at radius 3 is 2.61 bits per heavy atom. The Balaban J connectivity index is 1.59. The minimum Gasteiger partial charge on any atom is -0.298 e. The lowest BCUT2D eigenvalue weighted by Gasteiger charge is -2.34. The lowest BCUT2D eigenvalue weighted by molar-refractivity contribution is -0.116. The van der Waals surface area contributed by atoms with E-state index in [1.54, 1.807) is 5.01 Å². The Bertz CT molecular complexity index is 1310. The molecule has 0 aromatic heterocycles. The van der Waals surface area contributed by atoms with Crippen molar-refractivity contribution in [3.8, 4) is 0 Å². The van der Waals surface area contributed by atoms with E-state index >= 15 is 0 Å². The zero-order valence-electron chi connectivity index (χ0n) is 16.7. The van der Waals surface area contributed by atoms with Gasteiger partial charge >= 0.3 is 0 Å². The SMILES string of the molecule is Cc1ccc2c(c1)=C1C(=O)NC(SCc3ccccc3)=NN1C(c1ccc(Cl)cc1)N=2. The number of rotatable bonds is 3. The topological polar surface area (TPSA) is 57.1 Å². The highest BCUT2D eigenvalue weighted by Crippen LogP contribution is 2.31. The van der Waals surface area contributed by atoms with Crippen molar-refractivity contribution in [1.29, 1.82) is 0 Å². The standard InChI is InChI=1S/C24H19ClN4OS/c1-15-7-12-20-19(13-15)21-23(30)27-24(31-14-16-5-3-2-4-6-16)28-29(21)22(26-20)17-8-10-18(25)11-9-17/h2-13,22H,14H2,1H3,(H,27,28,30). The first-order chi connectivity index (χ1) is 15.1. The van der Waals surface area contributed by atoms with Crippen LogP contribution in [0.2, 0.25) is 5.02 Å². The number of carbonyl (C=O) groups is 1. The van der Waals surface area contributed by atoms with Gasteiger partial charge in [-0.15, -0.1) is 5.10 Å². The maximum absolute atomic E-state index is 13.2. The summed E-state index contributed by atoms with van der Waals surface area (Å²) in [5.74, 6) is 0.535. The van der Waals surface area contributed by atoms with E-state index in [1.165, 1.54) is 11.8 Å². The third kappa shape index (κ3) is 3.96. The summed E-state index contributed by atoms with van der Waals surface area (Å²) < 4.78 is 0. The van der Waals surface area contributed by atoms with Crippen molar-refractivity contribution >= 4 is 40.1 Å². The Morgan fingerprint density at radius 1 is 1.06 bits per heavy atom. The molecule has 0 saturated carbocycles. The van der Waals surface area contributed by atoms with Crippen LogP contribution in [0.4, 0.5) is 0 Å². The van der Waals surface area contributed by atoms with E-state index in [2.05, 4.69) is 17.4 Å². The number of hydrogen-bond donors (Lipinski definition) is 1. The average Bonchev–Trinajstić information content (AvgIpc) is 2.78. The number of amidine groups is 1. The summed E-state index contributed by atoms with van der Waals surface area (Å²) in [7, 11) is 0. The van der Waals surface area contributed by atoms with E-state index in [-0.39, 0.29) is 5.91 Å². The third-order valence-electron chi connectivity index (χ3n) is 5.15. The molecule has 3 aromatic rings. The van der Waals surface area contributed by atoms with E-state index in [0.29, 0.717) is 21.6 Å². The van der Waals surface area contributed by atoms with Crippen molar-refractivity contribution in [1.82, 2.24) is 10.3 Å². The highest BCUT2D eigenvalue weighted by molar-refractivity contribution is 8.13. The van der Waals surface area contributed by atoms with Gasteiger partial charge in [-0.25, -0.2) is 5.01 Å². The van der Waals surface area contributed by atoms with Crippen LogP contribution in [0.5, 0.6) is 0 Å². The molecule has 0 bridgehead atoms. The summed E-state index contributed by atoms with van der Waals surface area (Å²) in [6, 6.07) is 23.5. The monoisotopic (exact) mass is 446 g/mol. The van der Waals surface area contributed by atoms with Crippen LogP contribution < -0.4 is 15.9 Å². The fourth-order valence-corrected chi connectivity index (χ4v) is 4.57. The van der Waals surface area contributed by atoms with Crippen molar-refractivity contribution in [3.63, 3.8) is 0 Å². The number of nitrogens with zero attached hydrogens (tertiary/aromatic N) is 3. The van der Waals surface area contributed by atoms with Gasteiger partial charge in [0.05, 0.1) is 5.36 Å². The summed E-state index contributed by atoms with van der Waals surface area (Å²) in [5, 5.41) is 12.3. The van der Waals surface area contributed by atoms with Gasteiger partial charge in [0, 0.05) is 16.0 Å². The first-order valence-corrected chi connectivity index (χ1v) is 11.2. The molecule has 31 heavy (non-hydrogen) atoms. The first-order valence-electron chi connectivity index (χ1n) is 9.89. The third-order valence-corrected chi connectivity index (χ3v) is 6.34. The number of halogens is 1. The van der Waals surface area contributed by atoms with Gasteiger partial charge in [-0.05, 0) is 42.3 Å². The molecular formula is C24H19ClN4OS. The summed E-state index contributed by atoms with van der Waals surface area (Å²) >= 11 is 7.58. The van der Waals surface area contributed by atoms with Crippen molar-refractivity contribution in [2.45, 2.75) is 18.8 Å². The number of aryl methyl sites for hydroxylation is 1. The summed E-state index contributed by atoms with van der Waals surface area (Å²) in [6.45, 7) is 2.00. The van der Waals surface area contributed by atoms with Gasteiger partial charge in [0.15, 0.2) is 11.3 Å². The Hall–Kier alpha value is -3.09. The molecule has 1 N–H and O–H groups in total. The summed E-state index contributed by atoms with van der Waals surface area (Å²) in [5.41, 5.74) is 3.65. The highest BCUT2D eigenvalue weighted by Gasteiger charge is 2.34. The number of benzene rings is 3. The fourth-order valence-electron chi connectivity index (χ4n) is 3.64. The molecule has 0 saturated heterocycles. The number of thioether (sulfide) groups is 1. The van der Waals surface area contributed by atoms with Gasteiger partial charge in [-0.3, -0.25) is 15.1 Å². The molecule has 0 fully saturated rings. The van der Waals surface area contributed by atoms with Crippen LogP contribution in [0.3, 0.4) is 0 Å². The number of carbonyl (C=O) groups excluding carboxylic acids is 1. The molecule has 7 heteroatoms. The van der Waals surface area contributed by atoms with E-state index in [4.69, 9.17) is 21.7 Å². The first kappa shape index (κ1) is 19.8. The van der Waals surface area contributed by atoms with Crippen LogP contribution in [0.1, 0.15) is 22.9 Å². The second-order valence-electron chi connectivity index (χ2n) is 7.40. The zero-order valence-corrected chi connectivity index (χ0v) is 18.3. The number of hydrazone groups is 1. The van der Waals surface area contributed by atoms with Gasteiger partial charge in [0.1, 0.15) is 5.70 Å². The van der Waals surface area contributed by atoms with Crippen LogP contribution in [0, 0.1) is 6.92 Å². The fraction of sp³-hybridized carbons (Fsp3) is 0.125. The van der Waals surface area contributed by atoms with E-state index in [1.807, 2.05) is 67.6 Å². The second kappa shape index (κ2) is 8.21. The highest BCUT2D eigenvalue weighted by atomic mass is 35.5. The molecule has 2 aliphatic rings. The van der Waals surface area contributed by atoms with Gasteiger partial charge in [0.25, 0.3) is 5.91 Å². The number of nitrogens with one attached hydrogen (secondary N) is 1. The average molecular weight is 447 g/mol. The molecule has 1 atom stereocenters. The van der Waals surface area contributed by atoms with Crippen molar-refractivity contribution in [2.24, 2.45) is 10.1 Å². The Kier molecular flexibility index (Phi) is 5.26. The maximum Gasteiger partial charge on any atom is 0.276 e. The summed E-state index contributed by atoms with van der Waals surface area (Å²) in [6.07, 6.45) is -0.444. The summed E-state index contributed by atoms with van der Waals surface area (Å²) in [4.78, 5) is 18.1. The number of hydrogen-bond acceptors (Lipinski definition) is 5. The Labute approximate surface area is 189 Å². The predicted molar refractivity (Wildman–Crippen MR) is 125 cm³/mol. The predicted octanol–water partition coefficient (Wildman–Crippen LogP) is 3.72. The lowest BCUT2D eigenvalue weighted by atomic mass is 10.1. The van der Waals surface area contributed by atoms with E-state index in [9.17, 15) is 4.79 Å². The number of fused-ring (bicyclic) bond motifs is 2. The van der Waals surface area contributed by atoms with Crippen LogP contribution in [0.15, 0.2) is 82.9 Å². The lowest BCUT2D eigenvalue weighted by Crippen LogP contribution is -2.50. The smallest absolute Gasteiger partial charge is 0.276 e. The van der Waals surface area contributed by atoms with E-state index in [0.717, 1.165) is 27.3 Å². The molecule has 2 aliphatic heterocycles. The molecule has 1 amide bonds. The minimum atomic E-state index is -0.444. The van der Waals surface area contributed by atoms with Gasteiger partial charge in [-0.1, -0.05) is 77.5 Å². The molecular weight excluding hydrogens is 428 g/mol. The molecule has 154 valence electrons. The molecule has 1 unspecified atom stereocenters. The normalized spacial score (nSPS) is 17.3. The van der Waals surface area contributed by atoms with Crippen LogP contribution in [-0.4, -0.2) is 16.1 Å². The molecule has 3 aromatic carbocycles. The van der Waals surface area contributed by atoms with Gasteiger partial charge in [0.2, 0.25) is 0 Å². The molecule has 0 aliphatic carbocycles. The zero-order chi connectivity index (χ0) is 21.4. The van der Waals surface area contributed by atoms with Gasteiger partial charge in [-0.2, -0.15) is 0 Å². The largest absolute Gasteiger partial charge is 0.298 e.